The lowest BCUT2D eigenvalue weighted by Crippen LogP contribution is -2.56. The van der Waals surface area contributed by atoms with Crippen LogP contribution in [0.3, 0.4) is 0 Å². The van der Waals surface area contributed by atoms with Crippen molar-refractivity contribution in [2.45, 2.75) is 32.5 Å². The fraction of sp³-hybridized carbons (Fsp3) is 0.524. The summed E-state index contributed by atoms with van der Waals surface area (Å²) >= 11 is 0. The molecule has 0 amide bonds. The summed E-state index contributed by atoms with van der Waals surface area (Å²) in [5.41, 5.74) is 1.30. The van der Waals surface area contributed by atoms with Crippen LogP contribution in [0, 0.1) is 0 Å². The third kappa shape index (κ3) is 5.56. The SMILES string of the molecule is CN=C(NCc1nccn1Cc1ccccc1)NCC(C)(C)N1CCOCC1. The number of ether oxygens (including phenoxy) is 1. The Hall–Kier alpha value is -2.38. The number of benzene rings is 1. The molecule has 7 nitrogen and oxygen atoms in total. The molecule has 1 aliphatic heterocycles. The predicted octanol–water partition coefficient (Wildman–Crippen LogP) is 1.71. The Morgan fingerprint density at radius 3 is 2.64 bits per heavy atom. The summed E-state index contributed by atoms with van der Waals surface area (Å²) in [6.45, 7) is 10.3. The summed E-state index contributed by atoms with van der Waals surface area (Å²) in [4.78, 5) is 11.3. The molecule has 1 aromatic carbocycles. The normalized spacial score (nSPS) is 16.2. The van der Waals surface area contributed by atoms with E-state index in [-0.39, 0.29) is 5.54 Å². The zero-order valence-corrected chi connectivity index (χ0v) is 17.2. The molecule has 0 unspecified atom stereocenters. The number of aliphatic imine (C=N–C) groups is 1. The van der Waals surface area contributed by atoms with Gasteiger partial charge in [0.25, 0.3) is 0 Å². The van der Waals surface area contributed by atoms with Crippen molar-refractivity contribution >= 4 is 5.96 Å². The number of hydrogen-bond acceptors (Lipinski definition) is 4. The van der Waals surface area contributed by atoms with E-state index in [2.05, 4.69) is 68.2 Å². The third-order valence-corrected chi connectivity index (χ3v) is 5.19. The molecule has 152 valence electrons. The van der Waals surface area contributed by atoms with Crippen LogP contribution in [0.1, 0.15) is 25.2 Å². The Labute approximate surface area is 167 Å². The summed E-state index contributed by atoms with van der Waals surface area (Å²) in [6, 6.07) is 10.4. The van der Waals surface area contributed by atoms with Crippen LogP contribution < -0.4 is 10.6 Å². The van der Waals surface area contributed by atoms with Crippen molar-refractivity contribution in [3.63, 3.8) is 0 Å². The van der Waals surface area contributed by atoms with Gasteiger partial charge in [0, 0.05) is 51.2 Å². The van der Waals surface area contributed by atoms with Crippen LogP contribution in [0.25, 0.3) is 0 Å². The Kier molecular flexibility index (Phi) is 7.06. The Balaban J connectivity index is 1.51. The number of rotatable bonds is 7. The van der Waals surface area contributed by atoms with E-state index in [4.69, 9.17) is 4.74 Å². The molecule has 2 heterocycles. The summed E-state index contributed by atoms with van der Waals surface area (Å²) in [5.74, 6) is 1.77. The second-order valence-corrected chi connectivity index (χ2v) is 7.65. The molecule has 7 heteroatoms. The lowest BCUT2D eigenvalue weighted by Gasteiger charge is -2.41. The van der Waals surface area contributed by atoms with E-state index in [0.29, 0.717) is 6.54 Å². The number of nitrogens with zero attached hydrogens (tertiary/aromatic N) is 4. The maximum Gasteiger partial charge on any atom is 0.191 e. The van der Waals surface area contributed by atoms with Gasteiger partial charge in [-0.15, -0.1) is 0 Å². The van der Waals surface area contributed by atoms with Gasteiger partial charge in [-0.1, -0.05) is 30.3 Å². The van der Waals surface area contributed by atoms with E-state index in [0.717, 1.165) is 51.2 Å². The van der Waals surface area contributed by atoms with Crippen LogP contribution in [-0.4, -0.2) is 65.8 Å². The number of morpholine rings is 1. The van der Waals surface area contributed by atoms with E-state index >= 15 is 0 Å². The van der Waals surface area contributed by atoms with Gasteiger partial charge in [0.05, 0.1) is 19.8 Å². The topological polar surface area (TPSA) is 66.7 Å². The summed E-state index contributed by atoms with van der Waals surface area (Å²) in [7, 11) is 1.80. The zero-order valence-electron chi connectivity index (χ0n) is 17.2. The van der Waals surface area contributed by atoms with Crippen molar-refractivity contribution in [3.8, 4) is 0 Å². The predicted molar refractivity (Wildman–Crippen MR) is 112 cm³/mol. The van der Waals surface area contributed by atoms with Crippen LogP contribution >= 0.6 is 0 Å². The molecule has 0 atom stereocenters. The molecular formula is C21H32N6O. The van der Waals surface area contributed by atoms with Crippen molar-refractivity contribution in [1.82, 2.24) is 25.1 Å². The highest BCUT2D eigenvalue weighted by Gasteiger charge is 2.28. The first-order chi connectivity index (χ1) is 13.6. The maximum absolute atomic E-state index is 5.47. The first-order valence-electron chi connectivity index (χ1n) is 9.90. The van der Waals surface area contributed by atoms with Crippen LogP contribution in [0.2, 0.25) is 0 Å². The summed E-state index contributed by atoms with van der Waals surface area (Å²) in [6.07, 6.45) is 3.86. The standard InChI is InChI=1S/C21H32N6O/c1-21(2,27-11-13-28-14-12-27)17-25-20(22-3)24-15-19-23-9-10-26(19)16-18-7-5-4-6-8-18/h4-10H,11-17H2,1-3H3,(H2,22,24,25). The second-order valence-electron chi connectivity index (χ2n) is 7.65. The van der Waals surface area contributed by atoms with Crippen LogP contribution in [0.15, 0.2) is 47.7 Å². The van der Waals surface area contributed by atoms with Crippen molar-refractivity contribution < 1.29 is 4.74 Å². The Morgan fingerprint density at radius 1 is 1.18 bits per heavy atom. The van der Waals surface area contributed by atoms with Gasteiger partial charge in [0.2, 0.25) is 0 Å². The van der Waals surface area contributed by atoms with Gasteiger partial charge in [-0.25, -0.2) is 4.98 Å². The Morgan fingerprint density at radius 2 is 1.93 bits per heavy atom. The molecular weight excluding hydrogens is 352 g/mol. The fourth-order valence-corrected chi connectivity index (χ4v) is 3.40. The van der Waals surface area contributed by atoms with E-state index < -0.39 is 0 Å². The molecule has 0 bridgehead atoms. The Bertz CT molecular complexity index is 749. The minimum Gasteiger partial charge on any atom is -0.379 e. The largest absolute Gasteiger partial charge is 0.379 e. The molecule has 28 heavy (non-hydrogen) atoms. The molecule has 1 saturated heterocycles. The first kappa shape index (κ1) is 20.4. The van der Waals surface area contributed by atoms with Gasteiger partial charge >= 0.3 is 0 Å². The number of imidazole rings is 1. The summed E-state index contributed by atoms with van der Waals surface area (Å²) < 4.78 is 7.63. The minimum atomic E-state index is 0.0349. The average molecular weight is 385 g/mol. The highest BCUT2D eigenvalue weighted by Crippen LogP contribution is 2.15. The van der Waals surface area contributed by atoms with E-state index in [1.807, 2.05) is 18.5 Å². The zero-order chi connectivity index (χ0) is 19.8. The van der Waals surface area contributed by atoms with Crippen molar-refractivity contribution in [1.29, 1.82) is 0 Å². The molecule has 3 rings (SSSR count). The van der Waals surface area contributed by atoms with E-state index in [9.17, 15) is 0 Å². The number of guanidine groups is 1. The number of hydrogen-bond donors (Lipinski definition) is 2. The van der Waals surface area contributed by atoms with Crippen LogP contribution in [-0.2, 0) is 17.8 Å². The van der Waals surface area contributed by atoms with Crippen LogP contribution in [0.4, 0.5) is 0 Å². The molecule has 1 aromatic heterocycles. The monoisotopic (exact) mass is 384 g/mol. The molecule has 0 saturated carbocycles. The van der Waals surface area contributed by atoms with Crippen molar-refractivity contribution in [2.75, 3.05) is 39.9 Å². The minimum absolute atomic E-state index is 0.0349. The van der Waals surface area contributed by atoms with Gasteiger partial charge in [0.1, 0.15) is 5.82 Å². The molecule has 0 aliphatic carbocycles. The highest BCUT2D eigenvalue weighted by molar-refractivity contribution is 5.79. The third-order valence-electron chi connectivity index (χ3n) is 5.19. The van der Waals surface area contributed by atoms with Crippen molar-refractivity contribution in [3.05, 3.63) is 54.1 Å². The highest BCUT2D eigenvalue weighted by atomic mass is 16.5. The molecule has 2 aromatic rings. The van der Waals surface area contributed by atoms with Crippen LogP contribution in [0.5, 0.6) is 0 Å². The second kappa shape index (κ2) is 9.71. The number of nitrogens with one attached hydrogen (secondary N) is 2. The van der Waals surface area contributed by atoms with Gasteiger partial charge in [-0.05, 0) is 19.4 Å². The number of aromatic nitrogens is 2. The molecule has 1 fully saturated rings. The molecule has 2 N–H and O–H groups in total. The van der Waals surface area contributed by atoms with Crippen molar-refractivity contribution in [2.24, 2.45) is 4.99 Å². The maximum atomic E-state index is 5.47. The summed E-state index contributed by atoms with van der Waals surface area (Å²) in [5, 5.41) is 6.84. The average Bonchev–Trinajstić information content (AvgIpc) is 3.16. The first-order valence-corrected chi connectivity index (χ1v) is 9.90. The van der Waals surface area contributed by atoms with E-state index in [1.54, 1.807) is 7.05 Å². The molecule has 0 radical (unpaired) electrons. The van der Waals surface area contributed by atoms with Gasteiger partial charge in [-0.3, -0.25) is 9.89 Å². The van der Waals surface area contributed by atoms with Gasteiger partial charge < -0.3 is 19.9 Å². The van der Waals surface area contributed by atoms with Gasteiger partial charge in [-0.2, -0.15) is 0 Å². The molecule has 0 spiro atoms. The fourth-order valence-electron chi connectivity index (χ4n) is 3.40. The lowest BCUT2D eigenvalue weighted by molar-refractivity contribution is -0.00834. The van der Waals surface area contributed by atoms with Gasteiger partial charge in [0.15, 0.2) is 5.96 Å². The lowest BCUT2D eigenvalue weighted by atomic mass is 10.0. The quantitative estimate of drug-likeness (QED) is 0.562. The smallest absolute Gasteiger partial charge is 0.191 e. The molecule has 1 aliphatic rings. The van der Waals surface area contributed by atoms with E-state index in [1.165, 1.54) is 5.56 Å².